The van der Waals surface area contributed by atoms with Crippen LogP contribution in [-0.2, 0) is 0 Å². The Morgan fingerprint density at radius 1 is 1.00 bits per heavy atom. The zero-order valence-electron chi connectivity index (χ0n) is 16.5. The molecule has 3 rings (SSSR count). The van der Waals surface area contributed by atoms with Gasteiger partial charge >= 0.3 is 5.97 Å². The van der Waals surface area contributed by atoms with Gasteiger partial charge in [-0.2, -0.15) is 0 Å². The summed E-state index contributed by atoms with van der Waals surface area (Å²) in [6.07, 6.45) is 1.97. The molecule has 6 heteroatoms. The minimum Gasteiger partial charge on any atom is -0.494 e. The van der Waals surface area contributed by atoms with Gasteiger partial charge in [-0.05, 0) is 54.4 Å². The Labute approximate surface area is 174 Å². The molecule has 30 heavy (non-hydrogen) atoms. The molecule has 3 aromatic carbocycles. The highest BCUT2D eigenvalue weighted by molar-refractivity contribution is 6.10. The number of halogens is 1. The minimum atomic E-state index is -1.21. The normalized spacial score (nSPS) is 10.5. The number of rotatable bonds is 8. The van der Waals surface area contributed by atoms with Crippen molar-refractivity contribution in [2.45, 2.75) is 19.8 Å². The van der Waals surface area contributed by atoms with Crippen LogP contribution in [0.25, 0.3) is 11.1 Å². The summed E-state index contributed by atoms with van der Waals surface area (Å²) in [5.74, 6) is -1.66. The smallest absolute Gasteiger partial charge is 0.336 e. The molecule has 2 N–H and O–H groups in total. The van der Waals surface area contributed by atoms with Crippen LogP contribution in [0.2, 0.25) is 0 Å². The standard InChI is InChI=1S/C24H22FNO4/c1-2-3-13-30-18-8-6-7-16(14-18)19-12-11-17(15-22(19)25)26-23(27)20-9-4-5-10-21(20)24(28)29/h4-12,14-15H,2-3,13H2,1H3,(H,26,27)(H,28,29). The second-order valence-electron chi connectivity index (χ2n) is 6.73. The van der Waals surface area contributed by atoms with E-state index in [0.29, 0.717) is 23.5 Å². The lowest BCUT2D eigenvalue weighted by molar-refractivity contribution is 0.0692. The van der Waals surface area contributed by atoms with Gasteiger partial charge in [0.1, 0.15) is 11.6 Å². The number of nitrogens with one attached hydrogen (secondary N) is 1. The number of ether oxygens (including phenoxy) is 1. The Hall–Kier alpha value is -3.67. The quantitative estimate of drug-likeness (QED) is 0.475. The van der Waals surface area contributed by atoms with E-state index in [0.717, 1.165) is 12.8 Å². The number of carboxylic acid groups (broad SMARTS) is 1. The summed E-state index contributed by atoms with van der Waals surface area (Å²) in [5.41, 5.74) is 1.16. The van der Waals surface area contributed by atoms with Crippen molar-refractivity contribution in [2.75, 3.05) is 11.9 Å². The number of unbranched alkanes of at least 4 members (excludes halogenated alkanes) is 1. The van der Waals surface area contributed by atoms with E-state index in [9.17, 15) is 19.1 Å². The van der Waals surface area contributed by atoms with Crippen molar-refractivity contribution in [1.29, 1.82) is 0 Å². The SMILES string of the molecule is CCCCOc1cccc(-c2ccc(NC(=O)c3ccccc3C(=O)O)cc2F)c1. The highest BCUT2D eigenvalue weighted by Crippen LogP contribution is 2.28. The third-order valence-electron chi connectivity index (χ3n) is 4.54. The summed E-state index contributed by atoms with van der Waals surface area (Å²) < 4.78 is 20.4. The summed E-state index contributed by atoms with van der Waals surface area (Å²) in [4.78, 5) is 23.8. The van der Waals surface area contributed by atoms with Gasteiger partial charge in [0, 0.05) is 11.3 Å². The largest absolute Gasteiger partial charge is 0.494 e. The van der Waals surface area contributed by atoms with Crippen molar-refractivity contribution in [3.63, 3.8) is 0 Å². The molecule has 0 fully saturated rings. The molecule has 154 valence electrons. The Morgan fingerprint density at radius 3 is 2.47 bits per heavy atom. The van der Waals surface area contributed by atoms with Gasteiger partial charge in [0.15, 0.2) is 0 Å². The fourth-order valence-electron chi connectivity index (χ4n) is 2.98. The molecule has 0 unspecified atom stereocenters. The number of hydrogen-bond acceptors (Lipinski definition) is 3. The van der Waals surface area contributed by atoms with Gasteiger partial charge in [0.2, 0.25) is 0 Å². The molecule has 0 saturated heterocycles. The minimum absolute atomic E-state index is 0.00594. The van der Waals surface area contributed by atoms with Gasteiger partial charge in [0.05, 0.1) is 17.7 Å². The molecule has 0 bridgehead atoms. The van der Waals surface area contributed by atoms with E-state index in [1.165, 1.54) is 24.3 Å². The van der Waals surface area contributed by atoms with Crippen molar-refractivity contribution in [2.24, 2.45) is 0 Å². The van der Waals surface area contributed by atoms with Gasteiger partial charge in [-0.25, -0.2) is 9.18 Å². The second-order valence-corrected chi connectivity index (χ2v) is 6.73. The predicted octanol–water partition coefficient (Wildman–Crippen LogP) is 5.62. The van der Waals surface area contributed by atoms with Crippen LogP contribution in [0.5, 0.6) is 5.75 Å². The van der Waals surface area contributed by atoms with Crippen molar-refractivity contribution in [3.05, 3.63) is 83.7 Å². The summed E-state index contributed by atoms with van der Waals surface area (Å²) in [6, 6.07) is 17.4. The average Bonchev–Trinajstić information content (AvgIpc) is 2.74. The molecule has 0 aliphatic carbocycles. The fraction of sp³-hybridized carbons (Fsp3) is 0.167. The average molecular weight is 407 g/mol. The highest BCUT2D eigenvalue weighted by Gasteiger charge is 2.16. The molecule has 0 spiro atoms. The first kappa shape index (κ1) is 21.0. The lowest BCUT2D eigenvalue weighted by Gasteiger charge is -2.11. The summed E-state index contributed by atoms with van der Waals surface area (Å²) in [7, 11) is 0. The molecule has 3 aromatic rings. The number of carbonyl (C=O) groups is 2. The van der Waals surface area contributed by atoms with Crippen molar-refractivity contribution in [3.8, 4) is 16.9 Å². The Kier molecular flexibility index (Phi) is 6.80. The maximum Gasteiger partial charge on any atom is 0.336 e. The highest BCUT2D eigenvalue weighted by atomic mass is 19.1. The first-order valence-corrected chi connectivity index (χ1v) is 9.66. The molecule has 0 aliphatic heterocycles. The Morgan fingerprint density at radius 2 is 1.77 bits per heavy atom. The molecule has 0 aromatic heterocycles. The molecule has 0 heterocycles. The third kappa shape index (κ3) is 5.03. The van der Waals surface area contributed by atoms with Gasteiger partial charge in [0.25, 0.3) is 5.91 Å². The number of anilines is 1. The number of carboxylic acids is 1. The monoisotopic (exact) mass is 407 g/mol. The van der Waals surface area contributed by atoms with Crippen LogP contribution in [0.3, 0.4) is 0 Å². The van der Waals surface area contributed by atoms with E-state index in [1.54, 1.807) is 36.4 Å². The van der Waals surface area contributed by atoms with Gasteiger partial charge in [-0.15, -0.1) is 0 Å². The van der Waals surface area contributed by atoms with E-state index < -0.39 is 17.7 Å². The summed E-state index contributed by atoms with van der Waals surface area (Å²) in [6.45, 7) is 2.68. The van der Waals surface area contributed by atoms with Crippen LogP contribution >= 0.6 is 0 Å². The molecule has 0 atom stereocenters. The zero-order chi connectivity index (χ0) is 21.5. The number of carbonyl (C=O) groups excluding carboxylic acids is 1. The lowest BCUT2D eigenvalue weighted by atomic mass is 10.0. The van der Waals surface area contributed by atoms with Gasteiger partial charge in [-0.3, -0.25) is 4.79 Å². The van der Waals surface area contributed by atoms with Crippen molar-refractivity contribution < 1.29 is 23.8 Å². The van der Waals surface area contributed by atoms with Crippen LogP contribution in [0.4, 0.5) is 10.1 Å². The van der Waals surface area contributed by atoms with Crippen LogP contribution in [0.15, 0.2) is 66.7 Å². The Bertz CT molecular complexity index is 1060. The number of amides is 1. The van der Waals surface area contributed by atoms with Crippen LogP contribution in [0.1, 0.15) is 40.5 Å². The van der Waals surface area contributed by atoms with Gasteiger partial charge < -0.3 is 15.2 Å². The number of benzene rings is 3. The van der Waals surface area contributed by atoms with E-state index in [-0.39, 0.29) is 16.8 Å². The van der Waals surface area contributed by atoms with Crippen molar-refractivity contribution in [1.82, 2.24) is 0 Å². The second kappa shape index (κ2) is 9.69. The zero-order valence-corrected chi connectivity index (χ0v) is 16.5. The fourth-order valence-corrected chi connectivity index (χ4v) is 2.98. The summed E-state index contributed by atoms with van der Waals surface area (Å²) >= 11 is 0. The maximum atomic E-state index is 14.7. The molecular formula is C24H22FNO4. The Balaban J connectivity index is 1.79. The molecular weight excluding hydrogens is 385 g/mol. The van der Waals surface area contributed by atoms with E-state index >= 15 is 0 Å². The molecule has 1 amide bonds. The van der Waals surface area contributed by atoms with Crippen LogP contribution in [0, 0.1) is 5.82 Å². The van der Waals surface area contributed by atoms with E-state index in [2.05, 4.69) is 12.2 Å². The predicted molar refractivity (Wildman–Crippen MR) is 114 cm³/mol. The summed E-state index contributed by atoms with van der Waals surface area (Å²) in [5, 5.41) is 11.8. The molecule has 0 radical (unpaired) electrons. The topological polar surface area (TPSA) is 75.6 Å². The first-order chi connectivity index (χ1) is 14.5. The lowest BCUT2D eigenvalue weighted by Crippen LogP contribution is -2.16. The van der Waals surface area contributed by atoms with E-state index in [4.69, 9.17) is 4.74 Å². The van der Waals surface area contributed by atoms with Gasteiger partial charge in [-0.1, -0.05) is 37.6 Å². The molecule has 0 aliphatic rings. The van der Waals surface area contributed by atoms with E-state index in [1.807, 2.05) is 6.07 Å². The maximum absolute atomic E-state index is 14.7. The molecule has 0 saturated carbocycles. The molecule has 5 nitrogen and oxygen atoms in total. The first-order valence-electron chi connectivity index (χ1n) is 9.66. The number of hydrogen-bond donors (Lipinski definition) is 2. The number of aromatic carboxylic acids is 1. The van der Waals surface area contributed by atoms with Crippen LogP contribution in [-0.4, -0.2) is 23.6 Å². The van der Waals surface area contributed by atoms with Crippen molar-refractivity contribution >= 4 is 17.6 Å². The van der Waals surface area contributed by atoms with Crippen LogP contribution < -0.4 is 10.1 Å². The third-order valence-corrected chi connectivity index (χ3v) is 4.54.